The summed E-state index contributed by atoms with van der Waals surface area (Å²) in [6.45, 7) is 6.15. The van der Waals surface area contributed by atoms with Gasteiger partial charge in [0.2, 0.25) is 0 Å². The molecule has 0 saturated heterocycles. The Hall–Kier alpha value is -1.51. The molecule has 1 unspecified atom stereocenters. The highest BCUT2D eigenvalue weighted by Gasteiger charge is 2.16. The topological polar surface area (TPSA) is 46.5 Å². The number of carbonyl (C=O) groups is 1. The molecule has 0 heterocycles. The summed E-state index contributed by atoms with van der Waals surface area (Å²) in [5, 5.41) is 8.85. The van der Waals surface area contributed by atoms with Crippen LogP contribution in [0.4, 0.5) is 0 Å². The van der Waals surface area contributed by atoms with Gasteiger partial charge in [-0.1, -0.05) is 32.9 Å². The summed E-state index contributed by atoms with van der Waals surface area (Å²) in [6, 6.07) is 6.00. The number of ether oxygens (including phenoxy) is 1. The van der Waals surface area contributed by atoms with E-state index in [1.54, 1.807) is 7.11 Å². The minimum Gasteiger partial charge on any atom is -0.496 e. The van der Waals surface area contributed by atoms with Gasteiger partial charge in [0, 0.05) is 0 Å². The first-order valence-corrected chi connectivity index (χ1v) is 5.85. The fourth-order valence-corrected chi connectivity index (χ4v) is 1.87. The van der Waals surface area contributed by atoms with Gasteiger partial charge in [-0.3, -0.25) is 4.79 Å². The van der Waals surface area contributed by atoms with E-state index in [-0.39, 0.29) is 12.3 Å². The first-order chi connectivity index (χ1) is 7.95. The quantitative estimate of drug-likeness (QED) is 0.852. The second-order valence-corrected chi connectivity index (χ2v) is 4.65. The summed E-state index contributed by atoms with van der Waals surface area (Å²) in [4.78, 5) is 10.8. The zero-order valence-corrected chi connectivity index (χ0v) is 10.9. The van der Waals surface area contributed by atoms with Crippen molar-refractivity contribution in [3.8, 4) is 5.75 Å². The lowest BCUT2D eigenvalue weighted by Crippen LogP contribution is -2.05. The lowest BCUT2D eigenvalue weighted by molar-refractivity contribution is -0.137. The Morgan fingerprint density at radius 2 is 2.00 bits per heavy atom. The molecule has 1 aromatic carbocycles. The van der Waals surface area contributed by atoms with Crippen LogP contribution in [0.2, 0.25) is 0 Å². The van der Waals surface area contributed by atoms with Gasteiger partial charge in [0.05, 0.1) is 13.5 Å². The second kappa shape index (κ2) is 5.71. The van der Waals surface area contributed by atoms with Gasteiger partial charge in [0.25, 0.3) is 0 Å². The van der Waals surface area contributed by atoms with Crippen molar-refractivity contribution in [1.29, 1.82) is 0 Å². The fourth-order valence-electron chi connectivity index (χ4n) is 1.87. The minimum absolute atomic E-state index is 0.0406. The molecule has 0 radical (unpaired) electrons. The molecule has 0 saturated carbocycles. The first kappa shape index (κ1) is 13.6. The highest BCUT2D eigenvalue weighted by atomic mass is 16.5. The van der Waals surface area contributed by atoms with Gasteiger partial charge in [-0.05, 0) is 29.0 Å². The molecule has 17 heavy (non-hydrogen) atoms. The Kier molecular flexibility index (Phi) is 4.55. The lowest BCUT2D eigenvalue weighted by Gasteiger charge is -2.16. The molecule has 0 amide bonds. The molecule has 1 rings (SSSR count). The Morgan fingerprint density at radius 1 is 1.35 bits per heavy atom. The zero-order valence-electron chi connectivity index (χ0n) is 10.9. The number of hydrogen-bond donors (Lipinski definition) is 1. The average molecular weight is 236 g/mol. The molecule has 0 fully saturated rings. The predicted molar refractivity (Wildman–Crippen MR) is 67.8 cm³/mol. The number of methoxy groups -OCH3 is 1. The van der Waals surface area contributed by atoms with Gasteiger partial charge in [0.1, 0.15) is 5.75 Å². The van der Waals surface area contributed by atoms with Crippen molar-refractivity contribution in [1.82, 2.24) is 0 Å². The summed E-state index contributed by atoms with van der Waals surface area (Å²) in [5.41, 5.74) is 2.18. The Labute approximate surface area is 102 Å². The summed E-state index contributed by atoms with van der Waals surface area (Å²) in [7, 11) is 1.61. The SMILES string of the molecule is COc1ccc(C(C)C)cc1C(C)CC(=O)O. The van der Waals surface area contributed by atoms with Gasteiger partial charge in [-0.25, -0.2) is 0 Å². The van der Waals surface area contributed by atoms with E-state index in [1.807, 2.05) is 19.1 Å². The van der Waals surface area contributed by atoms with Crippen LogP contribution in [-0.2, 0) is 4.79 Å². The maximum Gasteiger partial charge on any atom is 0.303 e. The van der Waals surface area contributed by atoms with Crippen molar-refractivity contribution in [3.63, 3.8) is 0 Å². The Bertz CT molecular complexity index is 396. The molecule has 0 aromatic heterocycles. The minimum atomic E-state index is -0.783. The number of carboxylic acids is 1. The molecule has 94 valence electrons. The van der Waals surface area contributed by atoms with E-state index < -0.39 is 5.97 Å². The summed E-state index contributed by atoms with van der Waals surface area (Å²) in [6.07, 6.45) is 0.123. The van der Waals surface area contributed by atoms with Crippen molar-refractivity contribution in [2.45, 2.75) is 39.0 Å². The van der Waals surface area contributed by atoms with Crippen LogP contribution in [0.15, 0.2) is 18.2 Å². The molecule has 1 atom stereocenters. The fraction of sp³-hybridized carbons (Fsp3) is 0.500. The van der Waals surface area contributed by atoms with E-state index in [0.717, 1.165) is 11.3 Å². The van der Waals surface area contributed by atoms with Crippen molar-refractivity contribution in [3.05, 3.63) is 29.3 Å². The van der Waals surface area contributed by atoms with Gasteiger partial charge >= 0.3 is 5.97 Å². The van der Waals surface area contributed by atoms with Crippen molar-refractivity contribution >= 4 is 5.97 Å². The van der Waals surface area contributed by atoms with Crippen LogP contribution in [0, 0.1) is 0 Å². The van der Waals surface area contributed by atoms with Crippen LogP contribution < -0.4 is 4.74 Å². The summed E-state index contributed by atoms with van der Waals surface area (Å²) >= 11 is 0. The Balaban J connectivity index is 3.09. The highest BCUT2D eigenvalue weighted by Crippen LogP contribution is 2.31. The molecule has 1 aromatic rings. The number of aliphatic carboxylic acids is 1. The number of benzene rings is 1. The summed E-state index contributed by atoms with van der Waals surface area (Å²) in [5.74, 6) is 0.371. The van der Waals surface area contributed by atoms with Crippen molar-refractivity contribution in [2.24, 2.45) is 0 Å². The van der Waals surface area contributed by atoms with E-state index in [4.69, 9.17) is 9.84 Å². The third-order valence-corrected chi connectivity index (χ3v) is 2.93. The van der Waals surface area contributed by atoms with Crippen LogP contribution in [0.5, 0.6) is 5.75 Å². The lowest BCUT2D eigenvalue weighted by atomic mass is 9.92. The maximum atomic E-state index is 10.8. The average Bonchev–Trinajstić information content (AvgIpc) is 2.27. The molecule has 1 N–H and O–H groups in total. The van der Waals surface area contributed by atoms with Crippen LogP contribution in [0.3, 0.4) is 0 Å². The molecule has 3 heteroatoms. The first-order valence-electron chi connectivity index (χ1n) is 5.85. The van der Waals surface area contributed by atoms with E-state index in [0.29, 0.717) is 5.92 Å². The second-order valence-electron chi connectivity index (χ2n) is 4.65. The van der Waals surface area contributed by atoms with Gasteiger partial charge in [-0.15, -0.1) is 0 Å². The smallest absolute Gasteiger partial charge is 0.303 e. The monoisotopic (exact) mass is 236 g/mol. The number of hydrogen-bond acceptors (Lipinski definition) is 2. The molecule has 0 aliphatic heterocycles. The van der Waals surface area contributed by atoms with Gasteiger partial charge in [0.15, 0.2) is 0 Å². The Morgan fingerprint density at radius 3 is 2.47 bits per heavy atom. The van der Waals surface area contributed by atoms with Gasteiger partial charge < -0.3 is 9.84 Å². The molecule has 0 aliphatic carbocycles. The molecule has 3 nitrogen and oxygen atoms in total. The maximum absolute atomic E-state index is 10.8. The van der Waals surface area contributed by atoms with Crippen molar-refractivity contribution in [2.75, 3.05) is 7.11 Å². The standard InChI is InChI=1S/C14H20O3/c1-9(2)11-5-6-13(17-4)12(8-11)10(3)7-14(15)16/h5-6,8-10H,7H2,1-4H3,(H,15,16). The normalized spacial score (nSPS) is 12.5. The van der Waals surface area contributed by atoms with Gasteiger partial charge in [-0.2, -0.15) is 0 Å². The zero-order chi connectivity index (χ0) is 13.0. The van der Waals surface area contributed by atoms with E-state index in [2.05, 4.69) is 19.9 Å². The molecular formula is C14H20O3. The highest BCUT2D eigenvalue weighted by molar-refractivity contribution is 5.68. The van der Waals surface area contributed by atoms with Crippen LogP contribution >= 0.6 is 0 Å². The number of rotatable bonds is 5. The van der Waals surface area contributed by atoms with Crippen LogP contribution in [0.1, 0.15) is 50.2 Å². The molecule has 0 spiro atoms. The third-order valence-electron chi connectivity index (χ3n) is 2.93. The predicted octanol–water partition coefficient (Wildman–Crippen LogP) is 3.40. The van der Waals surface area contributed by atoms with E-state index in [1.165, 1.54) is 5.56 Å². The molecule has 0 aliphatic rings. The largest absolute Gasteiger partial charge is 0.496 e. The van der Waals surface area contributed by atoms with Crippen LogP contribution in [0.25, 0.3) is 0 Å². The van der Waals surface area contributed by atoms with E-state index in [9.17, 15) is 4.79 Å². The summed E-state index contributed by atoms with van der Waals surface area (Å²) < 4.78 is 5.29. The van der Waals surface area contributed by atoms with Crippen LogP contribution in [-0.4, -0.2) is 18.2 Å². The molecule has 0 bridgehead atoms. The van der Waals surface area contributed by atoms with E-state index >= 15 is 0 Å². The van der Waals surface area contributed by atoms with Crippen molar-refractivity contribution < 1.29 is 14.6 Å². The third kappa shape index (κ3) is 3.48. The molecular weight excluding hydrogens is 216 g/mol. The number of carboxylic acid groups (broad SMARTS) is 1.